The lowest BCUT2D eigenvalue weighted by molar-refractivity contribution is 1.18. The summed E-state index contributed by atoms with van der Waals surface area (Å²) in [7, 11) is 0. The lowest BCUT2D eigenvalue weighted by atomic mass is 10.0. The van der Waals surface area contributed by atoms with Crippen LogP contribution in [0.5, 0.6) is 0 Å². The maximum atomic E-state index is 6.08. The van der Waals surface area contributed by atoms with E-state index in [0.717, 1.165) is 44.5 Å². The van der Waals surface area contributed by atoms with Gasteiger partial charge in [0.05, 0.1) is 17.1 Å². The summed E-state index contributed by atoms with van der Waals surface area (Å²) in [4.78, 5) is 22.7. The first kappa shape index (κ1) is 16.3. The number of aromatic nitrogens is 5. The molecule has 5 aromatic rings. The molecule has 0 aliphatic heterocycles. The highest BCUT2D eigenvalue weighted by Gasteiger charge is 2.15. The third-order valence-corrected chi connectivity index (χ3v) is 4.71. The van der Waals surface area contributed by atoms with Gasteiger partial charge in [0.15, 0.2) is 5.65 Å². The van der Waals surface area contributed by atoms with Gasteiger partial charge in [-0.05, 0) is 49.4 Å². The summed E-state index contributed by atoms with van der Waals surface area (Å²) in [6.45, 7) is 1.96. The molecule has 6 nitrogen and oxygen atoms in total. The number of nitrogens with zero attached hydrogens (tertiary/aromatic N) is 5. The molecule has 134 valence electrons. The van der Waals surface area contributed by atoms with Gasteiger partial charge < -0.3 is 5.73 Å². The maximum absolute atomic E-state index is 6.08. The van der Waals surface area contributed by atoms with Gasteiger partial charge in [-0.2, -0.15) is 0 Å². The molecule has 2 N–H and O–H groups in total. The zero-order chi connectivity index (χ0) is 19.1. The molecule has 0 spiro atoms. The van der Waals surface area contributed by atoms with E-state index in [1.165, 1.54) is 0 Å². The van der Waals surface area contributed by atoms with Crippen LogP contribution in [0.4, 0.5) is 5.82 Å². The van der Waals surface area contributed by atoms with Crippen molar-refractivity contribution in [3.05, 3.63) is 72.8 Å². The van der Waals surface area contributed by atoms with E-state index in [4.69, 9.17) is 10.7 Å². The second kappa shape index (κ2) is 6.35. The Morgan fingerprint density at radius 2 is 1.57 bits per heavy atom. The van der Waals surface area contributed by atoms with E-state index in [1.807, 2.05) is 55.5 Å². The SMILES string of the molecule is Cc1cccc(-c2cc(-c3nccc4c(N)nccc34)c3cccnc3n2)n1. The second-order valence-corrected chi connectivity index (χ2v) is 6.54. The molecule has 0 radical (unpaired) electrons. The van der Waals surface area contributed by atoms with Crippen LogP contribution in [0.1, 0.15) is 5.69 Å². The largest absolute Gasteiger partial charge is 0.383 e. The molecule has 5 rings (SSSR count). The minimum absolute atomic E-state index is 0.484. The summed E-state index contributed by atoms with van der Waals surface area (Å²) >= 11 is 0. The van der Waals surface area contributed by atoms with E-state index in [1.54, 1.807) is 18.6 Å². The summed E-state index contributed by atoms with van der Waals surface area (Å²) in [6.07, 6.45) is 5.20. The summed E-state index contributed by atoms with van der Waals surface area (Å²) in [5.41, 5.74) is 11.0. The van der Waals surface area contributed by atoms with Gasteiger partial charge in [-0.1, -0.05) is 6.07 Å². The standard InChI is InChI=1S/C22H16N6/c1-13-4-2-6-18(27-13)19-12-17(16-5-3-9-26-22(16)28-19)20-14-7-11-25-21(23)15(14)8-10-24-20/h2-12H,1H3,(H2,23,25). The van der Waals surface area contributed by atoms with Crippen molar-refractivity contribution in [3.8, 4) is 22.6 Å². The van der Waals surface area contributed by atoms with Crippen LogP contribution in [0.2, 0.25) is 0 Å². The number of nitrogens with two attached hydrogens (primary N) is 1. The summed E-state index contributed by atoms with van der Waals surface area (Å²) in [5.74, 6) is 0.484. The molecule has 28 heavy (non-hydrogen) atoms. The van der Waals surface area contributed by atoms with Crippen molar-refractivity contribution in [2.75, 3.05) is 5.73 Å². The monoisotopic (exact) mass is 364 g/mol. The van der Waals surface area contributed by atoms with E-state index >= 15 is 0 Å². The van der Waals surface area contributed by atoms with Crippen molar-refractivity contribution < 1.29 is 0 Å². The molecule has 0 bridgehead atoms. The summed E-state index contributed by atoms with van der Waals surface area (Å²) in [5, 5.41) is 2.74. The van der Waals surface area contributed by atoms with Gasteiger partial charge in [0.25, 0.3) is 0 Å². The number of fused-ring (bicyclic) bond motifs is 2. The number of pyridine rings is 5. The summed E-state index contributed by atoms with van der Waals surface area (Å²) < 4.78 is 0. The number of hydrogen-bond acceptors (Lipinski definition) is 6. The molecule has 0 atom stereocenters. The second-order valence-electron chi connectivity index (χ2n) is 6.54. The molecule has 0 saturated carbocycles. The van der Waals surface area contributed by atoms with Crippen LogP contribution in [-0.2, 0) is 0 Å². The van der Waals surface area contributed by atoms with Gasteiger partial charge in [0.1, 0.15) is 5.82 Å². The van der Waals surface area contributed by atoms with Gasteiger partial charge in [-0.3, -0.25) is 9.97 Å². The average Bonchev–Trinajstić information content (AvgIpc) is 2.73. The Labute approximate surface area is 161 Å². The van der Waals surface area contributed by atoms with Gasteiger partial charge in [0, 0.05) is 46.0 Å². The van der Waals surface area contributed by atoms with Crippen LogP contribution >= 0.6 is 0 Å². The van der Waals surface area contributed by atoms with Gasteiger partial charge in [-0.25, -0.2) is 15.0 Å². The lowest BCUT2D eigenvalue weighted by Crippen LogP contribution is -1.97. The fourth-order valence-corrected chi connectivity index (χ4v) is 3.41. The Bertz CT molecular complexity index is 1350. The van der Waals surface area contributed by atoms with Gasteiger partial charge in [0.2, 0.25) is 0 Å². The molecule has 0 fully saturated rings. The maximum Gasteiger partial charge on any atom is 0.160 e. The van der Waals surface area contributed by atoms with Crippen molar-refractivity contribution in [2.45, 2.75) is 6.92 Å². The first-order valence-electron chi connectivity index (χ1n) is 8.90. The van der Waals surface area contributed by atoms with E-state index in [9.17, 15) is 0 Å². The molecule has 0 aliphatic carbocycles. The van der Waals surface area contributed by atoms with Crippen molar-refractivity contribution in [3.63, 3.8) is 0 Å². The fourth-order valence-electron chi connectivity index (χ4n) is 3.41. The molecule has 0 saturated heterocycles. The topological polar surface area (TPSA) is 90.5 Å². The van der Waals surface area contributed by atoms with Crippen molar-refractivity contribution in [1.29, 1.82) is 0 Å². The lowest BCUT2D eigenvalue weighted by Gasteiger charge is -2.11. The highest BCUT2D eigenvalue weighted by Crippen LogP contribution is 2.34. The molecular weight excluding hydrogens is 348 g/mol. The number of anilines is 1. The van der Waals surface area contributed by atoms with E-state index in [0.29, 0.717) is 11.5 Å². The third kappa shape index (κ3) is 2.63. The Morgan fingerprint density at radius 1 is 0.714 bits per heavy atom. The minimum atomic E-state index is 0.484. The molecule has 5 heterocycles. The average molecular weight is 364 g/mol. The number of aryl methyl sites for hydroxylation is 1. The molecule has 0 aliphatic rings. The molecule has 0 aromatic carbocycles. The molecule has 5 aromatic heterocycles. The Hall–Kier alpha value is -3.93. The number of rotatable bonds is 2. The van der Waals surface area contributed by atoms with Crippen LogP contribution in [0.25, 0.3) is 44.5 Å². The number of nitrogen functional groups attached to an aromatic ring is 1. The van der Waals surface area contributed by atoms with Crippen LogP contribution in [0.15, 0.2) is 67.1 Å². The van der Waals surface area contributed by atoms with Crippen molar-refractivity contribution in [1.82, 2.24) is 24.9 Å². The predicted octanol–water partition coefficient (Wildman–Crippen LogP) is 4.19. The third-order valence-electron chi connectivity index (χ3n) is 4.71. The Balaban J connectivity index is 1.86. The highest BCUT2D eigenvalue weighted by atomic mass is 14.9. The summed E-state index contributed by atoms with van der Waals surface area (Å²) in [6, 6.07) is 15.6. The van der Waals surface area contributed by atoms with Crippen LogP contribution in [0, 0.1) is 6.92 Å². The van der Waals surface area contributed by atoms with E-state index < -0.39 is 0 Å². The van der Waals surface area contributed by atoms with Crippen LogP contribution in [-0.4, -0.2) is 24.9 Å². The van der Waals surface area contributed by atoms with Gasteiger partial charge in [-0.15, -0.1) is 0 Å². The molecule has 0 unspecified atom stereocenters. The van der Waals surface area contributed by atoms with Gasteiger partial charge >= 0.3 is 0 Å². The molecule has 0 amide bonds. The normalized spacial score (nSPS) is 11.2. The number of hydrogen-bond donors (Lipinski definition) is 1. The first-order valence-corrected chi connectivity index (χ1v) is 8.90. The quantitative estimate of drug-likeness (QED) is 0.505. The van der Waals surface area contributed by atoms with Crippen molar-refractivity contribution in [2.24, 2.45) is 0 Å². The van der Waals surface area contributed by atoms with Crippen LogP contribution < -0.4 is 5.73 Å². The zero-order valence-corrected chi connectivity index (χ0v) is 15.2. The fraction of sp³-hybridized carbons (Fsp3) is 0.0455. The molecular formula is C22H16N6. The minimum Gasteiger partial charge on any atom is -0.383 e. The zero-order valence-electron chi connectivity index (χ0n) is 15.2. The Kier molecular flexibility index (Phi) is 3.69. The first-order chi connectivity index (χ1) is 13.7. The Morgan fingerprint density at radius 3 is 2.46 bits per heavy atom. The van der Waals surface area contributed by atoms with Crippen molar-refractivity contribution >= 4 is 27.6 Å². The van der Waals surface area contributed by atoms with E-state index in [2.05, 4.69) is 19.9 Å². The van der Waals surface area contributed by atoms with Crippen LogP contribution in [0.3, 0.4) is 0 Å². The predicted molar refractivity (Wildman–Crippen MR) is 110 cm³/mol. The van der Waals surface area contributed by atoms with E-state index in [-0.39, 0.29) is 0 Å². The molecule has 6 heteroatoms. The smallest absolute Gasteiger partial charge is 0.160 e. The highest BCUT2D eigenvalue weighted by molar-refractivity contribution is 6.05.